The number of rotatable bonds is 0. The average molecular weight is 191 g/mol. The predicted octanol–water partition coefficient (Wildman–Crippen LogP) is 1.16. The zero-order valence-electron chi connectivity index (χ0n) is 6.65. The number of alkyl halides is 3. The number of aromatic amines is 1. The summed E-state index contributed by atoms with van der Waals surface area (Å²) in [5, 5.41) is 8.59. The first kappa shape index (κ1) is 8.55. The highest BCUT2D eigenvalue weighted by atomic mass is 19.4. The van der Waals surface area contributed by atoms with E-state index in [9.17, 15) is 13.2 Å². The SMILES string of the molecule is FC(F)(F)C1NCCc2[nH]ncc21. The van der Waals surface area contributed by atoms with E-state index in [1.807, 2.05) is 0 Å². The maximum Gasteiger partial charge on any atom is 0.408 e. The summed E-state index contributed by atoms with van der Waals surface area (Å²) >= 11 is 0. The Hall–Kier alpha value is -1.04. The fourth-order valence-electron chi connectivity index (χ4n) is 1.51. The first-order valence-electron chi connectivity index (χ1n) is 3.91. The fourth-order valence-corrected chi connectivity index (χ4v) is 1.51. The quantitative estimate of drug-likeness (QED) is 0.646. The minimum absolute atomic E-state index is 0.221. The van der Waals surface area contributed by atoms with E-state index in [-0.39, 0.29) is 5.56 Å². The van der Waals surface area contributed by atoms with Crippen molar-refractivity contribution in [2.24, 2.45) is 0 Å². The molecule has 6 heteroatoms. The van der Waals surface area contributed by atoms with Gasteiger partial charge in [-0.05, 0) is 0 Å². The molecule has 1 unspecified atom stereocenters. The fraction of sp³-hybridized carbons (Fsp3) is 0.571. The normalized spacial score (nSPS) is 22.8. The van der Waals surface area contributed by atoms with Crippen molar-refractivity contribution in [2.45, 2.75) is 18.6 Å². The first-order chi connectivity index (χ1) is 6.09. The monoisotopic (exact) mass is 191 g/mol. The van der Waals surface area contributed by atoms with Gasteiger partial charge in [-0.1, -0.05) is 0 Å². The van der Waals surface area contributed by atoms with E-state index < -0.39 is 12.2 Å². The van der Waals surface area contributed by atoms with Crippen molar-refractivity contribution < 1.29 is 13.2 Å². The van der Waals surface area contributed by atoms with Gasteiger partial charge in [0.25, 0.3) is 0 Å². The van der Waals surface area contributed by atoms with Gasteiger partial charge in [-0.25, -0.2) is 0 Å². The van der Waals surface area contributed by atoms with Gasteiger partial charge in [-0.2, -0.15) is 18.3 Å². The molecule has 0 aromatic carbocycles. The lowest BCUT2D eigenvalue weighted by atomic mass is 10.0. The van der Waals surface area contributed by atoms with Gasteiger partial charge in [0, 0.05) is 24.2 Å². The van der Waals surface area contributed by atoms with Crippen LogP contribution >= 0.6 is 0 Å². The van der Waals surface area contributed by atoms with Crippen molar-refractivity contribution in [3.63, 3.8) is 0 Å². The molecule has 0 radical (unpaired) electrons. The molecule has 0 spiro atoms. The molecule has 2 heterocycles. The van der Waals surface area contributed by atoms with Crippen LogP contribution in [0.5, 0.6) is 0 Å². The molecule has 0 aliphatic carbocycles. The molecule has 0 saturated carbocycles. The molecule has 1 aromatic heterocycles. The number of H-pyrrole nitrogens is 1. The van der Waals surface area contributed by atoms with Gasteiger partial charge in [0.2, 0.25) is 0 Å². The average Bonchev–Trinajstić information content (AvgIpc) is 2.48. The number of halogens is 3. The Morgan fingerprint density at radius 3 is 2.92 bits per heavy atom. The Morgan fingerprint density at radius 2 is 2.23 bits per heavy atom. The second-order valence-electron chi connectivity index (χ2n) is 2.98. The molecular formula is C7H8F3N3. The number of nitrogens with zero attached hydrogens (tertiary/aromatic N) is 1. The highest BCUT2D eigenvalue weighted by Gasteiger charge is 2.43. The van der Waals surface area contributed by atoms with Gasteiger partial charge < -0.3 is 5.32 Å². The number of hydrogen-bond acceptors (Lipinski definition) is 2. The lowest BCUT2D eigenvalue weighted by Gasteiger charge is -2.25. The Bertz CT molecular complexity index is 304. The van der Waals surface area contributed by atoms with E-state index in [2.05, 4.69) is 15.5 Å². The zero-order valence-corrected chi connectivity index (χ0v) is 6.65. The van der Waals surface area contributed by atoms with E-state index in [0.29, 0.717) is 18.7 Å². The molecule has 72 valence electrons. The van der Waals surface area contributed by atoms with Crippen molar-refractivity contribution in [3.8, 4) is 0 Å². The lowest BCUT2D eigenvalue weighted by Crippen LogP contribution is -2.38. The Morgan fingerprint density at radius 1 is 1.46 bits per heavy atom. The predicted molar refractivity (Wildman–Crippen MR) is 39.1 cm³/mol. The summed E-state index contributed by atoms with van der Waals surface area (Å²) in [6, 6.07) is -1.56. The summed E-state index contributed by atoms with van der Waals surface area (Å²) in [6.45, 7) is 0.333. The molecule has 1 aliphatic heterocycles. The van der Waals surface area contributed by atoms with Gasteiger partial charge in [0.05, 0.1) is 6.20 Å². The van der Waals surface area contributed by atoms with Crippen molar-refractivity contribution in [2.75, 3.05) is 6.54 Å². The van der Waals surface area contributed by atoms with Crippen LogP contribution in [-0.2, 0) is 6.42 Å². The molecule has 2 N–H and O–H groups in total. The minimum Gasteiger partial charge on any atom is -0.302 e. The number of hydrogen-bond donors (Lipinski definition) is 2. The highest BCUT2D eigenvalue weighted by molar-refractivity contribution is 5.25. The third-order valence-corrected chi connectivity index (χ3v) is 2.11. The van der Waals surface area contributed by atoms with Crippen LogP contribution in [0.2, 0.25) is 0 Å². The summed E-state index contributed by atoms with van der Waals surface area (Å²) in [7, 11) is 0. The van der Waals surface area contributed by atoms with E-state index >= 15 is 0 Å². The number of aromatic nitrogens is 2. The molecular weight excluding hydrogens is 183 g/mol. The van der Waals surface area contributed by atoms with Crippen LogP contribution in [0.3, 0.4) is 0 Å². The van der Waals surface area contributed by atoms with Gasteiger partial charge >= 0.3 is 6.18 Å². The molecule has 13 heavy (non-hydrogen) atoms. The van der Waals surface area contributed by atoms with Crippen molar-refractivity contribution in [3.05, 3.63) is 17.5 Å². The molecule has 1 atom stereocenters. The molecule has 0 saturated heterocycles. The molecule has 1 aromatic rings. The van der Waals surface area contributed by atoms with Gasteiger partial charge in [-0.15, -0.1) is 0 Å². The second-order valence-corrected chi connectivity index (χ2v) is 2.98. The third kappa shape index (κ3) is 1.41. The van der Waals surface area contributed by atoms with E-state index in [0.717, 1.165) is 0 Å². The number of nitrogens with one attached hydrogen (secondary N) is 2. The standard InChI is InChI=1S/C7H8F3N3/c8-7(9,10)6-4-3-12-13-5(4)1-2-11-6/h3,6,11H,1-2H2,(H,12,13). The molecule has 3 nitrogen and oxygen atoms in total. The van der Waals surface area contributed by atoms with Crippen molar-refractivity contribution in [1.29, 1.82) is 0 Å². The van der Waals surface area contributed by atoms with Crippen LogP contribution in [0, 0.1) is 0 Å². The Balaban J connectivity index is 2.35. The van der Waals surface area contributed by atoms with Crippen LogP contribution in [-0.4, -0.2) is 22.9 Å². The van der Waals surface area contributed by atoms with Crippen LogP contribution < -0.4 is 5.32 Å². The maximum absolute atomic E-state index is 12.4. The molecule has 2 rings (SSSR count). The summed E-state index contributed by atoms with van der Waals surface area (Å²) in [4.78, 5) is 0. The molecule has 0 bridgehead atoms. The van der Waals surface area contributed by atoms with E-state index in [1.165, 1.54) is 6.20 Å². The molecule has 0 fully saturated rings. The summed E-state index contributed by atoms with van der Waals surface area (Å²) in [5.41, 5.74) is 0.805. The molecule has 1 aliphatic rings. The maximum atomic E-state index is 12.4. The Labute approximate surface area is 72.3 Å². The van der Waals surface area contributed by atoms with Gasteiger partial charge in [0.15, 0.2) is 0 Å². The third-order valence-electron chi connectivity index (χ3n) is 2.11. The van der Waals surface area contributed by atoms with Gasteiger partial charge in [0.1, 0.15) is 6.04 Å². The van der Waals surface area contributed by atoms with E-state index in [1.54, 1.807) is 0 Å². The summed E-state index contributed by atoms with van der Waals surface area (Å²) in [5.74, 6) is 0. The smallest absolute Gasteiger partial charge is 0.302 e. The van der Waals surface area contributed by atoms with Crippen LogP contribution in [0.15, 0.2) is 6.20 Å². The molecule has 0 amide bonds. The van der Waals surface area contributed by atoms with E-state index in [4.69, 9.17) is 0 Å². The van der Waals surface area contributed by atoms with Crippen molar-refractivity contribution in [1.82, 2.24) is 15.5 Å². The Kier molecular flexibility index (Phi) is 1.80. The van der Waals surface area contributed by atoms with Crippen LogP contribution in [0.1, 0.15) is 17.3 Å². The van der Waals surface area contributed by atoms with Crippen LogP contribution in [0.25, 0.3) is 0 Å². The lowest BCUT2D eigenvalue weighted by molar-refractivity contribution is -0.158. The summed E-state index contributed by atoms with van der Waals surface area (Å²) < 4.78 is 37.2. The largest absolute Gasteiger partial charge is 0.408 e. The second kappa shape index (κ2) is 2.73. The highest BCUT2D eigenvalue weighted by Crippen LogP contribution is 2.35. The minimum atomic E-state index is -4.24. The van der Waals surface area contributed by atoms with Crippen molar-refractivity contribution >= 4 is 0 Å². The number of fused-ring (bicyclic) bond motifs is 1. The summed E-state index contributed by atoms with van der Waals surface area (Å²) in [6.07, 6.45) is -2.43. The van der Waals surface area contributed by atoms with Crippen LogP contribution in [0.4, 0.5) is 13.2 Å². The zero-order chi connectivity index (χ0) is 9.47. The topological polar surface area (TPSA) is 40.7 Å². The first-order valence-corrected chi connectivity index (χ1v) is 3.91. The van der Waals surface area contributed by atoms with Gasteiger partial charge in [-0.3, -0.25) is 5.10 Å².